The minimum Gasteiger partial charge on any atom is -0.342 e. The fourth-order valence-corrected chi connectivity index (χ4v) is 3.36. The van der Waals surface area contributed by atoms with Crippen molar-refractivity contribution in [1.29, 1.82) is 0 Å². The molecule has 0 aromatic carbocycles. The summed E-state index contributed by atoms with van der Waals surface area (Å²) in [5.74, 6) is 0.567. The van der Waals surface area contributed by atoms with Crippen LogP contribution in [0.25, 0.3) is 5.82 Å². The maximum atomic E-state index is 12.5. The minimum absolute atomic E-state index is 0.0405. The van der Waals surface area contributed by atoms with E-state index < -0.39 is 0 Å². The van der Waals surface area contributed by atoms with E-state index in [4.69, 9.17) is 11.6 Å². The molecule has 0 saturated carbocycles. The maximum absolute atomic E-state index is 12.5. The third-order valence-corrected chi connectivity index (χ3v) is 5.15. The smallest absolute Gasteiger partial charge is 0.229 e. The quantitative estimate of drug-likeness (QED) is 0.852. The van der Waals surface area contributed by atoms with E-state index in [2.05, 4.69) is 29.2 Å². The molecule has 1 saturated heterocycles. The molecule has 2 aromatic heterocycles. The minimum atomic E-state index is -0.328. The van der Waals surface area contributed by atoms with E-state index in [0.29, 0.717) is 35.5 Å². The number of pyridine rings is 1. The van der Waals surface area contributed by atoms with E-state index in [0.717, 1.165) is 11.4 Å². The van der Waals surface area contributed by atoms with Gasteiger partial charge in [-0.05, 0) is 31.9 Å². The molecule has 8 heteroatoms. The third-order valence-electron chi connectivity index (χ3n) is 4.61. The Morgan fingerprint density at radius 2 is 2.11 bits per heavy atom. The van der Waals surface area contributed by atoms with Crippen molar-refractivity contribution in [3.63, 3.8) is 0 Å². The number of nitrogens with zero attached hydrogens (tertiary/aromatic N) is 4. The predicted octanol–water partition coefficient (Wildman–Crippen LogP) is 2.98. The van der Waals surface area contributed by atoms with Gasteiger partial charge in [-0.1, -0.05) is 25.4 Å². The van der Waals surface area contributed by atoms with E-state index in [9.17, 15) is 9.59 Å². The molecule has 1 atom stereocenters. The number of hydrogen-bond acceptors (Lipinski definition) is 4. The number of nitrogens with one attached hydrogen (secondary N) is 1. The Labute approximate surface area is 163 Å². The summed E-state index contributed by atoms with van der Waals surface area (Å²) in [7, 11) is 0. The van der Waals surface area contributed by atoms with E-state index in [-0.39, 0.29) is 24.2 Å². The van der Waals surface area contributed by atoms with E-state index in [1.165, 1.54) is 0 Å². The van der Waals surface area contributed by atoms with Gasteiger partial charge in [-0.2, -0.15) is 5.10 Å². The van der Waals surface area contributed by atoms with Crippen molar-refractivity contribution in [2.75, 3.05) is 18.4 Å². The lowest BCUT2D eigenvalue weighted by Crippen LogP contribution is -2.31. The average molecular weight is 390 g/mol. The second-order valence-electron chi connectivity index (χ2n) is 7.38. The fraction of sp³-hybridized carbons (Fsp3) is 0.474. The Morgan fingerprint density at radius 1 is 1.37 bits per heavy atom. The van der Waals surface area contributed by atoms with Gasteiger partial charge in [0.2, 0.25) is 11.8 Å². The summed E-state index contributed by atoms with van der Waals surface area (Å²) < 4.78 is 1.67. The monoisotopic (exact) mass is 389 g/mol. The molecule has 7 nitrogen and oxygen atoms in total. The van der Waals surface area contributed by atoms with Crippen LogP contribution < -0.4 is 5.32 Å². The summed E-state index contributed by atoms with van der Waals surface area (Å²) in [5, 5.41) is 7.83. The lowest BCUT2D eigenvalue weighted by atomic mass is 10.1. The topological polar surface area (TPSA) is 80.1 Å². The number of carbonyl (C=O) groups is 2. The van der Waals surface area contributed by atoms with Gasteiger partial charge < -0.3 is 10.2 Å². The first kappa shape index (κ1) is 19.4. The number of carbonyl (C=O) groups excluding carboxylic acids is 2. The van der Waals surface area contributed by atoms with Crippen molar-refractivity contribution in [3.8, 4) is 5.82 Å². The van der Waals surface area contributed by atoms with Crippen LogP contribution in [-0.2, 0) is 9.59 Å². The Kier molecular flexibility index (Phi) is 5.51. The van der Waals surface area contributed by atoms with Gasteiger partial charge in [0.25, 0.3) is 0 Å². The van der Waals surface area contributed by atoms with Crippen molar-refractivity contribution in [2.45, 2.75) is 34.1 Å². The number of hydrogen-bond donors (Lipinski definition) is 1. The molecule has 0 bridgehead atoms. The molecule has 1 aliphatic heterocycles. The van der Waals surface area contributed by atoms with Crippen LogP contribution in [0, 0.1) is 25.7 Å². The zero-order valence-corrected chi connectivity index (χ0v) is 16.7. The summed E-state index contributed by atoms with van der Waals surface area (Å²) >= 11 is 6.18. The van der Waals surface area contributed by atoms with Gasteiger partial charge >= 0.3 is 0 Å². The van der Waals surface area contributed by atoms with Gasteiger partial charge in [0.1, 0.15) is 0 Å². The molecular formula is C19H24ClN5O2. The normalized spacial score (nSPS) is 17.0. The highest BCUT2D eigenvalue weighted by molar-refractivity contribution is 6.31. The SMILES string of the molecule is Cc1nn(-c2ccc(NC(=O)C3CC(=O)N(CC(C)C)C3)cn2)c(C)c1Cl. The van der Waals surface area contributed by atoms with Crippen molar-refractivity contribution < 1.29 is 9.59 Å². The van der Waals surface area contributed by atoms with Crippen LogP contribution in [0.2, 0.25) is 5.02 Å². The van der Waals surface area contributed by atoms with Crippen LogP contribution in [-0.4, -0.2) is 44.6 Å². The van der Waals surface area contributed by atoms with Gasteiger partial charge in [0, 0.05) is 19.5 Å². The van der Waals surface area contributed by atoms with Crippen LogP contribution in [0.1, 0.15) is 31.7 Å². The van der Waals surface area contributed by atoms with E-state index in [1.807, 2.05) is 13.8 Å². The molecule has 0 radical (unpaired) electrons. The number of amides is 2. The molecule has 3 rings (SSSR count). The number of rotatable bonds is 5. The highest BCUT2D eigenvalue weighted by atomic mass is 35.5. The average Bonchev–Trinajstić information content (AvgIpc) is 3.10. The first-order chi connectivity index (χ1) is 12.8. The Bertz CT molecular complexity index is 860. The summed E-state index contributed by atoms with van der Waals surface area (Å²) in [6, 6.07) is 3.55. The second-order valence-corrected chi connectivity index (χ2v) is 7.76. The third kappa shape index (κ3) is 4.13. The molecule has 3 heterocycles. The summed E-state index contributed by atoms with van der Waals surface area (Å²) in [6.45, 7) is 8.99. The van der Waals surface area contributed by atoms with Crippen molar-refractivity contribution in [1.82, 2.24) is 19.7 Å². The van der Waals surface area contributed by atoms with Crippen LogP contribution >= 0.6 is 11.6 Å². The molecule has 0 aliphatic carbocycles. The van der Waals surface area contributed by atoms with E-state index >= 15 is 0 Å². The van der Waals surface area contributed by atoms with Crippen LogP contribution in [0.5, 0.6) is 0 Å². The maximum Gasteiger partial charge on any atom is 0.229 e. The standard InChI is InChI=1S/C19H24ClN5O2/c1-11(2)9-24-10-14(7-17(24)26)19(27)22-15-5-6-16(21-8-15)25-13(4)18(20)12(3)23-25/h5-6,8,11,14H,7,9-10H2,1-4H3,(H,22,27). The highest BCUT2D eigenvalue weighted by Crippen LogP contribution is 2.23. The van der Waals surface area contributed by atoms with Crippen LogP contribution in [0.3, 0.4) is 0 Å². The van der Waals surface area contributed by atoms with Gasteiger partial charge in [-0.25, -0.2) is 9.67 Å². The number of anilines is 1. The number of aryl methyl sites for hydroxylation is 1. The van der Waals surface area contributed by atoms with Crippen LogP contribution in [0.4, 0.5) is 5.69 Å². The molecule has 1 aliphatic rings. The summed E-state index contributed by atoms with van der Waals surface area (Å²) in [5.41, 5.74) is 2.14. The molecule has 1 fully saturated rings. The number of likely N-dealkylation sites (tertiary alicyclic amines) is 1. The molecule has 0 spiro atoms. The van der Waals surface area contributed by atoms with Crippen molar-refractivity contribution in [2.24, 2.45) is 11.8 Å². The largest absolute Gasteiger partial charge is 0.342 e. The summed E-state index contributed by atoms with van der Waals surface area (Å²) in [4.78, 5) is 30.7. The predicted molar refractivity (Wildman–Crippen MR) is 104 cm³/mol. The van der Waals surface area contributed by atoms with Gasteiger partial charge in [0.15, 0.2) is 5.82 Å². The molecule has 1 N–H and O–H groups in total. The molecule has 27 heavy (non-hydrogen) atoms. The molecule has 1 unspecified atom stereocenters. The van der Waals surface area contributed by atoms with E-state index in [1.54, 1.807) is 27.9 Å². The lowest BCUT2D eigenvalue weighted by Gasteiger charge is -2.18. The number of halogens is 1. The van der Waals surface area contributed by atoms with Crippen molar-refractivity contribution >= 4 is 29.1 Å². The molecule has 2 amide bonds. The molecular weight excluding hydrogens is 366 g/mol. The Morgan fingerprint density at radius 3 is 2.67 bits per heavy atom. The molecule has 2 aromatic rings. The van der Waals surface area contributed by atoms with Gasteiger partial charge in [-0.15, -0.1) is 0 Å². The van der Waals surface area contributed by atoms with Gasteiger partial charge in [0.05, 0.1) is 34.2 Å². The second kappa shape index (κ2) is 7.68. The zero-order valence-electron chi connectivity index (χ0n) is 16.0. The molecule has 144 valence electrons. The first-order valence-corrected chi connectivity index (χ1v) is 9.40. The van der Waals surface area contributed by atoms with Crippen molar-refractivity contribution in [3.05, 3.63) is 34.7 Å². The zero-order chi connectivity index (χ0) is 19.7. The lowest BCUT2D eigenvalue weighted by molar-refractivity contribution is -0.128. The van der Waals surface area contributed by atoms with Gasteiger partial charge in [-0.3, -0.25) is 9.59 Å². The summed E-state index contributed by atoms with van der Waals surface area (Å²) in [6.07, 6.45) is 1.84. The first-order valence-electron chi connectivity index (χ1n) is 9.03. The van der Waals surface area contributed by atoms with Crippen LogP contribution in [0.15, 0.2) is 18.3 Å². The fourth-order valence-electron chi connectivity index (χ4n) is 3.24. The number of aromatic nitrogens is 3. The highest BCUT2D eigenvalue weighted by Gasteiger charge is 2.34. The Balaban J connectivity index is 1.65. The Hall–Kier alpha value is -2.41.